The Balaban J connectivity index is 1.48. The highest BCUT2D eigenvalue weighted by Gasteiger charge is 2.28. The van der Waals surface area contributed by atoms with Crippen molar-refractivity contribution in [3.63, 3.8) is 0 Å². The minimum atomic E-state index is -0.376. The van der Waals surface area contributed by atoms with Crippen LogP contribution in [0.4, 0.5) is 5.69 Å². The molecule has 1 aliphatic rings. The molecule has 0 aromatic heterocycles. The minimum absolute atomic E-state index is 0.0888. The Morgan fingerprint density at radius 3 is 2.71 bits per heavy atom. The first-order valence-electron chi connectivity index (χ1n) is 8.00. The van der Waals surface area contributed by atoms with Crippen LogP contribution in [0.1, 0.15) is 17.5 Å². The maximum atomic E-state index is 12.1. The van der Waals surface area contributed by atoms with E-state index in [-0.39, 0.29) is 23.5 Å². The maximum absolute atomic E-state index is 12.1. The van der Waals surface area contributed by atoms with E-state index in [1.54, 1.807) is 0 Å². The zero-order valence-electron chi connectivity index (χ0n) is 13.5. The van der Waals surface area contributed by atoms with Crippen LogP contribution in [0.25, 0.3) is 0 Å². The summed E-state index contributed by atoms with van der Waals surface area (Å²) in [6, 6.07) is 15.9. The normalized spacial score (nSPS) is 16.2. The van der Waals surface area contributed by atoms with Crippen LogP contribution in [0.5, 0.6) is 0 Å². The number of thioether (sulfide) groups is 1. The van der Waals surface area contributed by atoms with E-state index in [1.165, 1.54) is 22.9 Å². The van der Waals surface area contributed by atoms with Gasteiger partial charge < -0.3 is 10.6 Å². The molecule has 0 fully saturated rings. The number of rotatable bonds is 5. The maximum Gasteiger partial charge on any atom is 0.238 e. The largest absolute Gasteiger partial charge is 0.356 e. The lowest BCUT2D eigenvalue weighted by Gasteiger charge is -2.23. The first-order valence-corrected chi connectivity index (χ1v) is 8.88. The highest BCUT2D eigenvalue weighted by Crippen LogP contribution is 2.36. The van der Waals surface area contributed by atoms with Crippen molar-refractivity contribution in [1.82, 2.24) is 5.32 Å². The Bertz CT molecular complexity index is 743. The molecule has 1 atom stereocenters. The van der Waals surface area contributed by atoms with Gasteiger partial charge in [-0.25, -0.2) is 0 Å². The van der Waals surface area contributed by atoms with Crippen molar-refractivity contribution >= 4 is 29.3 Å². The van der Waals surface area contributed by atoms with Gasteiger partial charge in [0.15, 0.2) is 0 Å². The fourth-order valence-corrected chi connectivity index (χ4v) is 3.68. The number of hydrogen-bond donors (Lipinski definition) is 2. The van der Waals surface area contributed by atoms with Crippen LogP contribution >= 0.6 is 11.8 Å². The molecule has 1 unspecified atom stereocenters. The van der Waals surface area contributed by atoms with Gasteiger partial charge in [-0.1, -0.05) is 42.0 Å². The zero-order valence-corrected chi connectivity index (χ0v) is 14.4. The van der Waals surface area contributed by atoms with Crippen LogP contribution in [0.2, 0.25) is 0 Å². The van der Waals surface area contributed by atoms with E-state index in [0.29, 0.717) is 6.54 Å². The second kappa shape index (κ2) is 7.53. The molecular formula is C19H20N2O2S. The SMILES string of the molecule is Cc1ccc(CCNC(=O)CC2Sc3ccccc3NC2=O)cc1. The first kappa shape index (κ1) is 16.6. The van der Waals surface area contributed by atoms with E-state index in [9.17, 15) is 9.59 Å². The average molecular weight is 340 g/mol. The lowest BCUT2D eigenvalue weighted by Crippen LogP contribution is -2.35. The number of anilines is 1. The predicted molar refractivity (Wildman–Crippen MR) is 97.2 cm³/mol. The molecule has 2 aromatic carbocycles. The molecule has 0 radical (unpaired) electrons. The van der Waals surface area contributed by atoms with E-state index in [0.717, 1.165) is 17.0 Å². The summed E-state index contributed by atoms with van der Waals surface area (Å²) < 4.78 is 0. The molecule has 0 aliphatic carbocycles. The van der Waals surface area contributed by atoms with Crippen molar-refractivity contribution in [1.29, 1.82) is 0 Å². The Kier molecular flexibility index (Phi) is 5.20. The van der Waals surface area contributed by atoms with Crippen LogP contribution in [-0.2, 0) is 16.0 Å². The summed E-state index contributed by atoms with van der Waals surface area (Å²) in [6.07, 6.45) is 0.984. The lowest BCUT2D eigenvalue weighted by molar-refractivity contribution is -0.124. The first-order chi connectivity index (χ1) is 11.6. The number of nitrogens with one attached hydrogen (secondary N) is 2. The molecule has 4 nitrogen and oxygen atoms in total. The van der Waals surface area contributed by atoms with Crippen LogP contribution in [0, 0.1) is 6.92 Å². The van der Waals surface area contributed by atoms with Gasteiger partial charge in [0.1, 0.15) is 0 Å². The summed E-state index contributed by atoms with van der Waals surface area (Å²) in [6.45, 7) is 2.63. The number of para-hydroxylation sites is 1. The monoisotopic (exact) mass is 340 g/mol. The molecule has 0 bridgehead atoms. The third-order valence-corrected chi connectivity index (χ3v) is 5.21. The molecule has 1 heterocycles. The van der Waals surface area contributed by atoms with E-state index in [2.05, 4.69) is 41.8 Å². The van der Waals surface area contributed by atoms with Crippen molar-refractivity contribution in [2.24, 2.45) is 0 Å². The molecule has 1 aliphatic heterocycles. The Morgan fingerprint density at radius 1 is 1.17 bits per heavy atom. The van der Waals surface area contributed by atoms with Gasteiger partial charge in [0.25, 0.3) is 0 Å². The van der Waals surface area contributed by atoms with Gasteiger partial charge in [0, 0.05) is 17.9 Å². The Morgan fingerprint density at radius 2 is 1.92 bits per heavy atom. The van der Waals surface area contributed by atoms with Crippen molar-refractivity contribution in [3.05, 3.63) is 59.7 Å². The molecule has 0 saturated heterocycles. The average Bonchev–Trinajstić information content (AvgIpc) is 2.57. The molecule has 5 heteroatoms. The van der Waals surface area contributed by atoms with Crippen LogP contribution < -0.4 is 10.6 Å². The summed E-state index contributed by atoms with van der Waals surface area (Å²) >= 11 is 1.45. The van der Waals surface area contributed by atoms with Gasteiger partial charge in [-0.2, -0.15) is 0 Å². The predicted octanol–water partition coefficient (Wildman–Crippen LogP) is 3.16. The minimum Gasteiger partial charge on any atom is -0.356 e. The standard InChI is InChI=1S/C19H20N2O2S/c1-13-6-8-14(9-7-13)10-11-20-18(22)12-17-19(23)21-15-4-2-3-5-16(15)24-17/h2-9,17H,10-12H2,1H3,(H,20,22)(H,21,23). The number of carbonyl (C=O) groups is 2. The van der Waals surface area contributed by atoms with E-state index < -0.39 is 0 Å². The van der Waals surface area contributed by atoms with Gasteiger partial charge in [-0.05, 0) is 31.0 Å². The topological polar surface area (TPSA) is 58.2 Å². The number of fused-ring (bicyclic) bond motifs is 1. The second-order valence-corrected chi connectivity index (χ2v) is 7.13. The zero-order chi connectivity index (χ0) is 16.9. The molecule has 0 spiro atoms. The summed E-state index contributed by atoms with van der Waals surface area (Å²) in [7, 11) is 0. The van der Waals surface area contributed by atoms with Gasteiger partial charge in [-0.15, -0.1) is 11.8 Å². The lowest BCUT2D eigenvalue weighted by atomic mass is 10.1. The van der Waals surface area contributed by atoms with Crippen molar-refractivity contribution in [2.75, 3.05) is 11.9 Å². The molecule has 0 saturated carbocycles. The summed E-state index contributed by atoms with van der Waals surface area (Å²) in [5.41, 5.74) is 3.24. The molecule has 2 N–H and O–H groups in total. The van der Waals surface area contributed by atoms with Crippen LogP contribution in [0.3, 0.4) is 0 Å². The highest BCUT2D eigenvalue weighted by molar-refractivity contribution is 8.01. The third-order valence-electron chi connectivity index (χ3n) is 3.93. The molecular weight excluding hydrogens is 320 g/mol. The van der Waals surface area contributed by atoms with Crippen LogP contribution in [0.15, 0.2) is 53.4 Å². The molecule has 2 aromatic rings. The number of hydrogen-bond acceptors (Lipinski definition) is 3. The quantitative estimate of drug-likeness (QED) is 0.879. The van der Waals surface area contributed by atoms with Gasteiger partial charge in [0.05, 0.1) is 10.9 Å². The Hall–Kier alpha value is -2.27. The fourth-order valence-electron chi connectivity index (χ4n) is 2.57. The fraction of sp³-hybridized carbons (Fsp3) is 0.263. The van der Waals surface area contributed by atoms with Crippen molar-refractivity contribution < 1.29 is 9.59 Å². The van der Waals surface area contributed by atoms with Gasteiger partial charge in [0.2, 0.25) is 11.8 Å². The molecule has 24 heavy (non-hydrogen) atoms. The summed E-state index contributed by atoms with van der Waals surface area (Å²) in [4.78, 5) is 25.2. The van der Waals surface area contributed by atoms with E-state index in [4.69, 9.17) is 0 Å². The van der Waals surface area contributed by atoms with Gasteiger partial charge in [-0.3, -0.25) is 9.59 Å². The summed E-state index contributed by atoms with van der Waals surface area (Å²) in [5, 5.41) is 5.39. The number of aryl methyl sites for hydroxylation is 1. The van der Waals surface area contributed by atoms with E-state index in [1.807, 2.05) is 24.3 Å². The number of benzene rings is 2. The third kappa shape index (κ3) is 4.17. The van der Waals surface area contributed by atoms with Gasteiger partial charge >= 0.3 is 0 Å². The van der Waals surface area contributed by atoms with E-state index >= 15 is 0 Å². The number of amides is 2. The smallest absolute Gasteiger partial charge is 0.238 e. The molecule has 124 valence electrons. The van der Waals surface area contributed by atoms with Crippen molar-refractivity contribution in [2.45, 2.75) is 29.9 Å². The molecule has 3 rings (SSSR count). The second-order valence-electron chi connectivity index (χ2n) is 5.88. The highest BCUT2D eigenvalue weighted by atomic mass is 32.2. The summed E-state index contributed by atoms with van der Waals surface area (Å²) in [5.74, 6) is -0.193. The van der Waals surface area contributed by atoms with Crippen LogP contribution in [-0.4, -0.2) is 23.6 Å². The number of carbonyl (C=O) groups excluding carboxylic acids is 2. The van der Waals surface area contributed by atoms with Crippen molar-refractivity contribution in [3.8, 4) is 0 Å². The molecule has 2 amide bonds. The Labute approximate surface area is 146 Å².